The standard InChI is InChI=1S/C50H30N2O2/c1-3-11-35(12-4-1)51-43-17-9-7-15-37(43)39-27-31(19-23-44(39)51)33-21-25-47-40(28-33)41-29-34(22-26-48(41)53-47)32-20-24-45-42(30-32)49-38-16-8-10-18-46(38)54-50(49)52(45)36-13-5-2-6-14-36/h1-30H. The molecule has 0 radical (unpaired) electrons. The van der Waals surface area contributed by atoms with Crippen molar-refractivity contribution >= 4 is 76.7 Å². The second-order valence-corrected chi connectivity index (χ2v) is 14.1. The van der Waals surface area contributed by atoms with Crippen LogP contribution in [0.2, 0.25) is 0 Å². The molecule has 0 fully saturated rings. The van der Waals surface area contributed by atoms with Crippen LogP contribution in [-0.2, 0) is 0 Å². The fourth-order valence-electron chi connectivity index (χ4n) is 8.65. The van der Waals surface area contributed by atoms with E-state index in [9.17, 15) is 0 Å². The Labute approximate surface area is 309 Å². The molecule has 0 spiro atoms. The van der Waals surface area contributed by atoms with E-state index in [1.165, 1.54) is 32.8 Å². The molecule has 54 heavy (non-hydrogen) atoms. The Bertz CT molecular complexity index is 3430. The van der Waals surface area contributed by atoms with Gasteiger partial charge < -0.3 is 13.4 Å². The van der Waals surface area contributed by atoms with Gasteiger partial charge in [-0.25, -0.2) is 0 Å². The summed E-state index contributed by atoms with van der Waals surface area (Å²) in [4.78, 5) is 0. The average Bonchev–Trinajstić information content (AvgIpc) is 3.97. The van der Waals surface area contributed by atoms with Gasteiger partial charge >= 0.3 is 0 Å². The fourth-order valence-corrected chi connectivity index (χ4v) is 8.65. The van der Waals surface area contributed by atoms with E-state index in [0.717, 1.165) is 77.6 Å². The minimum absolute atomic E-state index is 0.862. The number of hydrogen-bond acceptors (Lipinski definition) is 2. The zero-order valence-electron chi connectivity index (χ0n) is 29.0. The third-order valence-corrected chi connectivity index (χ3v) is 11.1. The van der Waals surface area contributed by atoms with Crippen LogP contribution in [-0.4, -0.2) is 9.13 Å². The van der Waals surface area contributed by atoms with Crippen LogP contribution in [0.5, 0.6) is 0 Å². The second kappa shape index (κ2) is 11.1. The summed E-state index contributed by atoms with van der Waals surface area (Å²) < 4.78 is 17.5. The van der Waals surface area contributed by atoms with Crippen LogP contribution in [0.1, 0.15) is 0 Å². The summed E-state index contributed by atoms with van der Waals surface area (Å²) in [6.07, 6.45) is 0. The molecule has 252 valence electrons. The first-order chi connectivity index (χ1) is 26.8. The van der Waals surface area contributed by atoms with Crippen LogP contribution >= 0.6 is 0 Å². The van der Waals surface area contributed by atoms with Crippen molar-refractivity contribution < 1.29 is 8.83 Å². The van der Waals surface area contributed by atoms with E-state index >= 15 is 0 Å². The van der Waals surface area contributed by atoms with E-state index in [1.807, 2.05) is 18.2 Å². The van der Waals surface area contributed by atoms with Crippen LogP contribution < -0.4 is 0 Å². The normalized spacial score (nSPS) is 12.1. The van der Waals surface area contributed by atoms with Gasteiger partial charge in [-0.15, -0.1) is 0 Å². The third kappa shape index (κ3) is 4.19. The van der Waals surface area contributed by atoms with Gasteiger partial charge in [0.05, 0.1) is 21.9 Å². The van der Waals surface area contributed by atoms with Crippen LogP contribution in [0.4, 0.5) is 0 Å². The fraction of sp³-hybridized carbons (Fsp3) is 0. The number of furan rings is 2. The first-order valence-corrected chi connectivity index (χ1v) is 18.3. The highest BCUT2D eigenvalue weighted by Crippen LogP contribution is 2.42. The van der Waals surface area contributed by atoms with Gasteiger partial charge in [-0.2, -0.15) is 0 Å². The zero-order valence-corrected chi connectivity index (χ0v) is 29.0. The number of nitrogens with zero attached hydrogens (tertiary/aromatic N) is 2. The summed E-state index contributed by atoms with van der Waals surface area (Å²) >= 11 is 0. The van der Waals surface area contributed by atoms with Gasteiger partial charge in [0.2, 0.25) is 5.71 Å². The maximum absolute atomic E-state index is 6.53. The number of fused-ring (bicyclic) bond motifs is 11. The van der Waals surface area contributed by atoms with Gasteiger partial charge in [-0.1, -0.05) is 97.1 Å². The van der Waals surface area contributed by atoms with Gasteiger partial charge in [0, 0.05) is 43.7 Å². The summed E-state index contributed by atoms with van der Waals surface area (Å²) in [5.41, 5.74) is 13.9. The van der Waals surface area contributed by atoms with E-state index in [-0.39, 0.29) is 0 Å². The highest BCUT2D eigenvalue weighted by atomic mass is 16.3. The molecule has 0 aliphatic heterocycles. The number of benzene rings is 8. The lowest BCUT2D eigenvalue weighted by molar-refractivity contribution is 0.645. The molecule has 4 nitrogen and oxygen atoms in total. The monoisotopic (exact) mass is 690 g/mol. The van der Waals surface area contributed by atoms with Crippen LogP contribution in [0.15, 0.2) is 191 Å². The number of hydrogen-bond donors (Lipinski definition) is 0. The topological polar surface area (TPSA) is 36.1 Å². The second-order valence-electron chi connectivity index (χ2n) is 14.1. The molecule has 4 heteroatoms. The summed E-state index contributed by atoms with van der Waals surface area (Å²) in [6.45, 7) is 0. The molecule has 0 amide bonds. The Kier molecular flexibility index (Phi) is 6.02. The molecule has 0 saturated carbocycles. The zero-order chi connectivity index (χ0) is 35.3. The van der Waals surface area contributed by atoms with Gasteiger partial charge in [0.15, 0.2) is 0 Å². The van der Waals surface area contributed by atoms with Crippen molar-refractivity contribution in [3.05, 3.63) is 182 Å². The molecule has 4 heterocycles. The van der Waals surface area contributed by atoms with Gasteiger partial charge in [-0.3, -0.25) is 4.57 Å². The predicted octanol–water partition coefficient (Wildman–Crippen LogP) is 13.9. The highest BCUT2D eigenvalue weighted by molar-refractivity contribution is 6.20. The van der Waals surface area contributed by atoms with Gasteiger partial charge in [0.25, 0.3) is 0 Å². The molecule has 0 aliphatic carbocycles. The maximum atomic E-state index is 6.53. The summed E-state index contributed by atoms with van der Waals surface area (Å²) in [5, 5.41) is 8.12. The molecule has 12 rings (SSSR count). The Morgan fingerprint density at radius 2 is 0.759 bits per heavy atom. The van der Waals surface area contributed by atoms with Crippen molar-refractivity contribution in [3.8, 4) is 33.6 Å². The SMILES string of the molecule is c1ccc(-n2c3ccccc3c3cc(-c4ccc5oc6ccc(-c7ccc8c(c7)c7c9ccccc9oc7n8-c7ccccc7)cc6c5c4)ccc32)cc1. The van der Waals surface area contributed by atoms with Crippen molar-refractivity contribution in [1.82, 2.24) is 9.13 Å². The Balaban J connectivity index is 1.01. The quantitative estimate of drug-likeness (QED) is 0.184. The minimum atomic E-state index is 0.862. The summed E-state index contributed by atoms with van der Waals surface area (Å²) in [5.74, 6) is 0. The summed E-state index contributed by atoms with van der Waals surface area (Å²) in [7, 11) is 0. The van der Waals surface area contributed by atoms with Crippen LogP contribution in [0, 0.1) is 0 Å². The number of aromatic nitrogens is 2. The highest BCUT2D eigenvalue weighted by Gasteiger charge is 2.20. The van der Waals surface area contributed by atoms with E-state index in [0.29, 0.717) is 0 Å². The third-order valence-electron chi connectivity index (χ3n) is 11.1. The Morgan fingerprint density at radius 1 is 0.296 bits per heavy atom. The molecule has 8 aromatic carbocycles. The molecule has 0 atom stereocenters. The molecular weight excluding hydrogens is 661 g/mol. The lowest BCUT2D eigenvalue weighted by atomic mass is 9.98. The maximum Gasteiger partial charge on any atom is 0.213 e. The van der Waals surface area contributed by atoms with E-state index in [1.54, 1.807) is 0 Å². The van der Waals surface area contributed by atoms with E-state index in [4.69, 9.17) is 8.83 Å². The number of para-hydroxylation sites is 4. The first-order valence-electron chi connectivity index (χ1n) is 18.3. The number of rotatable bonds is 4. The lowest BCUT2D eigenvalue weighted by Crippen LogP contribution is -1.92. The van der Waals surface area contributed by atoms with Crippen LogP contribution in [0.3, 0.4) is 0 Å². The molecular formula is C50H30N2O2. The first kappa shape index (κ1) is 29.3. The van der Waals surface area contributed by atoms with Crippen molar-refractivity contribution in [1.29, 1.82) is 0 Å². The molecule has 0 bridgehead atoms. The molecule has 0 saturated heterocycles. The van der Waals surface area contributed by atoms with Crippen LogP contribution in [0.25, 0.3) is 110 Å². The average molecular weight is 691 g/mol. The smallest absolute Gasteiger partial charge is 0.213 e. The van der Waals surface area contributed by atoms with Crippen molar-refractivity contribution in [2.24, 2.45) is 0 Å². The molecule has 0 unspecified atom stereocenters. The Hall–Kier alpha value is -7.30. The summed E-state index contributed by atoms with van der Waals surface area (Å²) in [6, 6.07) is 64.8. The predicted molar refractivity (Wildman–Crippen MR) is 223 cm³/mol. The van der Waals surface area contributed by atoms with E-state index in [2.05, 4.69) is 173 Å². The van der Waals surface area contributed by atoms with Crippen molar-refractivity contribution in [2.45, 2.75) is 0 Å². The van der Waals surface area contributed by atoms with Crippen molar-refractivity contribution in [3.63, 3.8) is 0 Å². The van der Waals surface area contributed by atoms with Gasteiger partial charge in [-0.05, 0) is 107 Å². The molecule has 12 aromatic rings. The molecule has 0 aliphatic rings. The molecule has 4 aromatic heterocycles. The van der Waals surface area contributed by atoms with Gasteiger partial charge in [0.1, 0.15) is 16.7 Å². The van der Waals surface area contributed by atoms with E-state index < -0.39 is 0 Å². The molecule has 0 N–H and O–H groups in total. The minimum Gasteiger partial charge on any atom is -0.456 e. The largest absolute Gasteiger partial charge is 0.456 e. The lowest BCUT2D eigenvalue weighted by Gasteiger charge is -2.08. The van der Waals surface area contributed by atoms with Crippen molar-refractivity contribution in [2.75, 3.05) is 0 Å². The Morgan fingerprint density at radius 3 is 1.43 bits per heavy atom.